The number of amides is 1. The number of hydrogen-bond donors (Lipinski definition) is 2. The first-order chi connectivity index (χ1) is 11.9. The summed E-state index contributed by atoms with van der Waals surface area (Å²) in [6.45, 7) is 3.57. The standard InChI is InChI=1S/C14H20N2O3.C2HF3O2/c1-10(15)13(17)16(11(2)14(18)19-3)9-12-7-5-4-6-8-12;3-2(4,5)1(6)7/h4-8,10-11H,9,15H2,1-3H3;(H,6,7)/t10-,11+;/m1./s1. The molecule has 0 aliphatic heterocycles. The molecule has 0 saturated carbocycles. The van der Waals surface area contributed by atoms with Crippen LogP contribution >= 0.6 is 0 Å². The first-order valence-electron chi connectivity index (χ1n) is 7.39. The number of hydrogen-bond acceptors (Lipinski definition) is 5. The van der Waals surface area contributed by atoms with Crippen molar-refractivity contribution in [3.05, 3.63) is 35.9 Å². The third kappa shape index (κ3) is 7.97. The molecule has 146 valence electrons. The summed E-state index contributed by atoms with van der Waals surface area (Å²) < 4.78 is 36.4. The number of carboxylic acid groups (broad SMARTS) is 1. The molecule has 0 unspecified atom stereocenters. The van der Waals surface area contributed by atoms with E-state index in [4.69, 9.17) is 15.6 Å². The van der Waals surface area contributed by atoms with Crippen LogP contribution in [0.2, 0.25) is 0 Å². The topological polar surface area (TPSA) is 110 Å². The van der Waals surface area contributed by atoms with Crippen molar-refractivity contribution in [3.8, 4) is 0 Å². The van der Waals surface area contributed by atoms with E-state index in [0.29, 0.717) is 6.54 Å². The van der Waals surface area contributed by atoms with E-state index in [9.17, 15) is 22.8 Å². The van der Waals surface area contributed by atoms with Crippen LogP contribution in [0.5, 0.6) is 0 Å². The third-order valence-corrected chi connectivity index (χ3v) is 3.12. The Morgan fingerprint density at radius 3 is 2.00 bits per heavy atom. The molecule has 1 aromatic carbocycles. The maximum Gasteiger partial charge on any atom is 0.490 e. The molecule has 0 radical (unpaired) electrons. The van der Waals surface area contributed by atoms with E-state index >= 15 is 0 Å². The van der Waals surface area contributed by atoms with Crippen LogP contribution in [-0.2, 0) is 25.7 Å². The zero-order valence-electron chi connectivity index (χ0n) is 14.5. The number of benzene rings is 1. The Hall–Kier alpha value is -2.62. The first-order valence-corrected chi connectivity index (χ1v) is 7.39. The van der Waals surface area contributed by atoms with Gasteiger partial charge in [-0.15, -0.1) is 0 Å². The number of nitrogens with two attached hydrogens (primary N) is 1. The highest BCUT2D eigenvalue weighted by molar-refractivity contribution is 5.87. The fourth-order valence-electron chi connectivity index (χ4n) is 1.75. The molecule has 1 rings (SSSR count). The predicted octanol–water partition coefficient (Wildman–Crippen LogP) is 1.56. The molecular weight excluding hydrogens is 357 g/mol. The summed E-state index contributed by atoms with van der Waals surface area (Å²) in [5, 5.41) is 7.12. The van der Waals surface area contributed by atoms with Gasteiger partial charge in [-0.1, -0.05) is 30.3 Å². The molecule has 0 aromatic heterocycles. The van der Waals surface area contributed by atoms with Crippen LogP contribution in [0, 0.1) is 0 Å². The van der Waals surface area contributed by atoms with E-state index in [0.717, 1.165) is 5.56 Å². The smallest absolute Gasteiger partial charge is 0.475 e. The van der Waals surface area contributed by atoms with Gasteiger partial charge in [0.1, 0.15) is 6.04 Å². The average molecular weight is 378 g/mol. The minimum atomic E-state index is -5.08. The molecule has 7 nitrogen and oxygen atoms in total. The van der Waals surface area contributed by atoms with Gasteiger partial charge in [0, 0.05) is 6.54 Å². The molecule has 0 heterocycles. The monoisotopic (exact) mass is 378 g/mol. The zero-order valence-corrected chi connectivity index (χ0v) is 14.5. The number of carbonyl (C=O) groups excluding carboxylic acids is 2. The Morgan fingerprint density at radius 1 is 1.19 bits per heavy atom. The number of carboxylic acids is 1. The van der Waals surface area contributed by atoms with Crippen LogP contribution in [0.4, 0.5) is 13.2 Å². The molecular formula is C16H21F3N2O5. The van der Waals surface area contributed by atoms with Gasteiger partial charge in [0.05, 0.1) is 13.2 Å². The van der Waals surface area contributed by atoms with Crippen molar-refractivity contribution in [2.45, 2.75) is 38.7 Å². The molecule has 0 saturated heterocycles. The number of aliphatic carboxylic acids is 1. The van der Waals surface area contributed by atoms with Crippen LogP contribution in [0.1, 0.15) is 19.4 Å². The first kappa shape index (κ1) is 23.4. The predicted molar refractivity (Wildman–Crippen MR) is 85.8 cm³/mol. The van der Waals surface area contributed by atoms with Gasteiger partial charge in [-0.25, -0.2) is 9.59 Å². The number of ether oxygens (including phenoxy) is 1. The van der Waals surface area contributed by atoms with Crippen molar-refractivity contribution >= 4 is 17.8 Å². The van der Waals surface area contributed by atoms with E-state index in [1.54, 1.807) is 13.8 Å². The lowest BCUT2D eigenvalue weighted by atomic mass is 10.1. The van der Waals surface area contributed by atoms with Gasteiger partial charge in [-0.05, 0) is 19.4 Å². The Kier molecular flexibility index (Phi) is 9.34. The van der Waals surface area contributed by atoms with Gasteiger partial charge in [-0.3, -0.25) is 4.79 Å². The SMILES string of the molecule is COC(=O)[C@H](C)N(Cc1ccccc1)C(=O)[C@@H](C)N.O=C(O)C(F)(F)F. The van der Waals surface area contributed by atoms with Crippen molar-refractivity contribution in [3.63, 3.8) is 0 Å². The number of halogens is 3. The van der Waals surface area contributed by atoms with E-state index in [1.165, 1.54) is 12.0 Å². The number of rotatable bonds is 5. The summed E-state index contributed by atoms with van der Waals surface area (Å²) in [4.78, 5) is 34.0. The zero-order chi connectivity index (χ0) is 20.5. The maximum atomic E-state index is 12.1. The molecule has 0 fully saturated rings. The Bertz CT molecular complexity index is 606. The second-order valence-electron chi connectivity index (χ2n) is 5.24. The average Bonchev–Trinajstić information content (AvgIpc) is 2.58. The number of esters is 1. The summed E-state index contributed by atoms with van der Waals surface area (Å²) in [5.41, 5.74) is 6.56. The minimum Gasteiger partial charge on any atom is -0.475 e. The fourth-order valence-corrected chi connectivity index (χ4v) is 1.75. The maximum absolute atomic E-state index is 12.1. The third-order valence-electron chi connectivity index (χ3n) is 3.12. The fraction of sp³-hybridized carbons (Fsp3) is 0.438. The van der Waals surface area contributed by atoms with Crippen LogP contribution in [0.3, 0.4) is 0 Å². The lowest BCUT2D eigenvalue weighted by Crippen LogP contribution is -2.49. The van der Waals surface area contributed by atoms with E-state index in [2.05, 4.69) is 4.74 Å². The van der Waals surface area contributed by atoms with E-state index in [1.807, 2.05) is 30.3 Å². The highest BCUT2D eigenvalue weighted by Gasteiger charge is 2.38. The molecule has 0 aliphatic carbocycles. The Balaban J connectivity index is 0.000000758. The second kappa shape index (κ2) is 10.4. The number of alkyl halides is 3. The Morgan fingerprint density at radius 2 is 1.65 bits per heavy atom. The quantitative estimate of drug-likeness (QED) is 0.753. The summed E-state index contributed by atoms with van der Waals surface area (Å²) >= 11 is 0. The van der Waals surface area contributed by atoms with Gasteiger partial charge in [-0.2, -0.15) is 13.2 Å². The van der Waals surface area contributed by atoms with E-state index in [-0.39, 0.29) is 5.91 Å². The molecule has 1 amide bonds. The Labute approximate surface area is 148 Å². The van der Waals surface area contributed by atoms with Crippen LogP contribution < -0.4 is 5.73 Å². The molecule has 3 N–H and O–H groups in total. The molecule has 0 spiro atoms. The van der Waals surface area contributed by atoms with Crippen LogP contribution in [0.25, 0.3) is 0 Å². The molecule has 26 heavy (non-hydrogen) atoms. The lowest BCUT2D eigenvalue weighted by molar-refractivity contribution is -0.192. The molecule has 10 heteroatoms. The molecule has 1 aromatic rings. The van der Waals surface area contributed by atoms with Crippen molar-refractivity contribution in [1.29, 1.82) is 0 Å². The van der Waals surface area contributed by atoms with E-state index < -0.39 is 30.2 Å². The van der Waals surface area contributed by atoms with Crippen molar-refractivity contribution < 1.29 is 37.4 Å². The highest BCUT2D eigenvalue weighted by atomic mass is 19.4. The summed E-state index contributed by atoms with van der Waals surface area (Å²) in [5.74, 6) is -3.49. The number of nitrogens with zero attached hydrogens (tertiary/aromatic N) is 1. The van der Waals surface area contributed by atoms with Gasteiger partial charge in [0.2, 0.25) is 5.91 Å². The van der Waals surface area contributed by atoms with Crippen LogP contribution in [0.15, 0.2) is 30.3 Å². The summed E-state index contributed by atoms with van der Waals surface area (Å²) in [6.07, 6.45) is -5.08. The summed E-state index contributed by atoms with van der Waals surface area (Å²) in [6, 6.07) is 8.13. The van der Waals surface area contributed by atoms with Crippen molar-refractivity contribution in [2.75, 3.05) is 7.11 Å². The van der Waals surface area contributed by atoms with Crippen molar-refractivity contribution in [1.82, 2.24) is 4.90 Å². The molecule has 0 bridgehead atoms. The number of methoxy groups -OCH3 is 1. The highest BCUT2D eigenvalue weighted by Crippen LogP contribution is 2.13. The largest absolute Gasteiger partial charge is 0.490 e. The summed E-state index contributed by atoms with van der Waals surface area (Å²) in [7, 11) is 1.30. The molecule has 0 aliphatic rings. The van der Waals surface area contributed by atoms with Gasteiger partial charge >= 0.3 is 18.1 Å². The lowest BCUT2D eigenvalue weighted by Gasteiger charge is -2.29. The van der Waals surface area contributed by atoms with Crippen LogP contribution in [-0.4, -0.2) is 53.2 Å². The second-order valence-corrected chi connectivity index (χ2v) is 5.24. The number of carbonyl (C=O) groups is 3. The molecule has 2 atom stereocenters. The normalized spacial score (nSPS) is 12.9. The van der Waals surface area contributed by atoms with Gasteiger partial charge in [0.25, 0.3) is 0 Å². The van der Waals surface area contributed by atoms with Crippen molar-refractivity contribution in [2.24, 2.45) is 5.73 Å². The minimum absolute atomic E-state index is 0.276. The van der Waals surface area contributed by atoms with Gasteiger partial charge in [0.15, 0.2) is 0 Å². The van der Waals surface area contributed by atoms with Gasteiger partial charge < -0.3 is 20.5 Å².